The van der Waals surface area contributed by atoms with Gasteiger partial charge in [-0.05, 0) is 25.7 Å². The van der Waals surface area contributed by atoms with E-state index in [1.807, 2.05) is 14.1 Å². The SMILES string of the molecule is CC(=O)Cl.CNC. The van der Waals surface area contributed by atoms with Gasteiger partial charge >= 0.3 is 0 Å². The summed E-state index contributed by atoms with van der Waals surface area (Å²) in [5, 5.41) is 2.39. The van der Waals surface area contributed by atoms with Gasteiger partial charge in [0.25, 0.3) is 0 Å². The topological polar surface area (TPSA) is 29.1 Å². The molecular weight excluding hydrogens is 114 g/mol. The van der Waals surface area contributed by atoms with E-state index < -0.39 is 0 Å². The summed E-state index contributed by atoms with van der Waals surface area (Å²) >= 11 is 4.64. The fraction of sp³-hybridized carbons (Fsp3) is 0.750. The van der Waals surface area contributed by atoms with Crippen molar-refractivity contribution in [1.82, 2.24) is 5.32 Å². The standard InChI is InChI=1S/C2H3ClO.C2H7N/c1-2(3)4;1-3-2/h1H3;3H,1-2H3. The lowest BCUT2D eigenvalue weighted by Gasteiger charge is -1.59. The number of carbonyl (C=O) groups is 1. The van der Waals surface area contributed by atoms with Crippen molar-refractivity contribution in [2.45, 2.75) is 6.92 Å². The van der Waals surface area contributed by atoms with Crippen molar-refractivity contribution in [3.8, 4) is 0 Å². The third-order valence-electron chi connectivity index (χ3n) is 0. The zero-order chi connectivity index (χ0) is 6.28. The highest BCUT2D eigenvalue weighted by Gasteiger charge is 1.67. The van der Waals surface area contributed by atoms with Crippen LogP contribution in [0.1, 0.15) is 6.92 Å². The van der Waals surface area contributed by atoms with Crippen molar-refractivity contribution in [2.75, 3.05) is 14.1 Å². The predicted octanol–water partition coefficient (Wildman–Crippen LogP) is 0.607. The first kappa shape index (κ1) is 10.0. The minimum atomic E-state index is -0.361. The predicted molar refractivity (Wildman–Crippen MR) is 31.5 cm³/mol. The number of carbonyl (C=O) groups excluding carboxylic acids is 1. The number of halogens is 1. The van der Waals surface area contributed by atoms with Crippen LogP contribution in [0.3, 0.4) is 0 Å². The van der Waals surface area contributed by atoms with Crippen molar-refractivity contribution in [1.29, 1.82) is 0 Å². The third kappa shape index (κ3) is 14200. The number of rotatable bonds is 0. The number of hydrogen-bond acceptors (Lipinski definition) is 2. The fourth-order valence-electron chi connectivity index (χ4n) is 0. The van der Waals surface area contributed by atoms with Crippen LogP contribution in [-0.4, -0.2) is 19.3 Å². The molecule has 0 atom stereocenters. The van der Waals surface area contributed by atoms with Gasteiger partial charge in [-0.3, -0.25) is 4.79 Å². The Morgan fingerprint density at radius 3 is 1.57 bits per heavy atom. The van der Waals surface area contributed by atoms with Gasteiger partial charge in [0, 0.05) is 6.92 Å². The monoisotopic (exact) mass is 123 g/mol. The van der Waals surface area contributed by atoms with E-state index in [2.05, 4.69) is 16.9 Å². The van der Waals surface area contributed by atoms with E-state index in [4.69, 9.17) is 0 Å². The minimum absolute atomic E-state index is 0.361. The molecule has 0 rings (SSSR count). The van der Waals surface area contributed by atoms with Crippen LogP contribution in [0.15, 0.2) is 0 Å². The lowest BCUT2D eigenvalue weighted by atomic mass is 10.9. The second kappa shape index (κ2) is 9.33. The molecule has 7 heavy (non-hydrogen) atoms. The molecule has 0 unspecified atom stereocenters. The van der Waals surface area contributed by atoms with Crippen molar-refractivity contribution < 1.29 is 4.79 Å². The summed E-state index contributed by atoms with van der Waals surface area (Å²) in [6, 6.07) is 0. The van der Waals surface area contributed by atoms with Gasteiger partial charge < -0.3 is 5.32 Å². The number of nitrogens with one attached hydrogen (secondary N) is 1. The summed E-state index contributed by atoms with van der Waals surface area (Å²) in [6.07, 6.45) is 0. The Balaban J connectivity index is 0. The quantitative estimate of drug-likeness (QED) is 0.478. The molecule has 0 heterocycles. The molecular formula is C4H10ClNO. The molecule has 0 aromatic carbocycles. The van der Waals surface area contributed by atoms with Crippen LogP contribution in [0, 0.1) is 0 Å². The largest absolute Gasteiger partial charge is 0.323 e. The van der Waals surface area contributed by atoms with Crippen LogP contribution in [0.4, 0.5) is 0 Å². The molecule has 0 aromatic rings. The molecule has 0 saturated heterocycles. The Morgan fingerprint density at radius 1 is 1.57 bits per heavy atom. The van der Waals surface area contributed by atoms with Crippen molar-refractivity contribution in [3.63, 3.8) is 0 Å². The first-order chi connectivity index (χ1) is 3.15. The molecule has 44 valence electrons. The molecule has 0 aromatic heterocycles. The van der Waals surface area contributed by atoms with E-state index in [1.165, 1.54) is 6.92 Å². The second-order valence-electron chi connectivity index (χ2n) is 0.970. The molecule has 0 aliphatic carbocycles. The van der Waals surface area contributed by atoms with Gasteiger partial charge in [0.2, 0.25) is 5.24 Å². The van der Waals surface area contributed by atoms with Gasteiger partial charge in [-0.1, -0.05) is 0 Å². The summed E-state index contributed by atoms with van der Waals surface area (Å²) in [4.78, 5) is 9.21. The van der Waals surface area contributed by atoms with Gasteiger partial charge in [0.05, 0.1) is 0 Å². The van der Waals surface area contributed by atoms with Crippen molar-refractivity contribution in [3.05, 3.63) is 0 Å². The van der Waals surface area contributed by atoms with Gasteiger partial charge in [-0.25, -0.2) is 0 Å². The third-order valence-corrected chi connectivity index (χ3v) is 0. The van der Waals surface area contributed by atoms with E-state index >= 15 is 0 Å². The van der Waals surface area contributed by atoms with E-state index in [0.29, 0.717) is 0 Å². The van der Waals surface area contributed by atoms with E-state index in [1.54, 1.807) is 0 Å². The van der Waals surface area contributed by atoms with Crippen LogP contribution in [0.25, 0.3) is 0 Å². The Hall–Kier alpha value is -0.0800. The summed E-state index contributed by atoms with van der Waals surface area (Å²) in [7, 11) is 3.75. The lowest BCUT2D eigenvalue weighted by molar-refractivity contribution is -0.109. The maximum absolute atomic E-state index is 9.21. The zero-order valence-corrected chi connectivity index (χ0v) is 5.54. The first-order valence-corrected chi connectivity index (χ1v) is 2.27. The molecule has 0 amide bonds. The highest BCUT2D eigenvalue weighted by molar-refractivity contribution is 6.62. The van der Waals surface area contributed by atoms with Gasteiger partial charge in [-0.15, -0.1) is 0 Å². The van der Waals surface area contributed by atoms with Gasteiger partial charge in [-0.2, -0.15) is 0 Å². The molecule has 2 nitrogen and oxygen atoms in total. The van der Waals surface area contributed by atoms with Crippen LogP contribution in [0.2, 0.25) is 0 Å². The molecule has 0 radical (unpaired) electrons. The minimum Gasteiger partial charge on any atom is -0.323 e. The number of hydrogen-bond donors (Lipinski definition) is 1. The van der Waals surface area contributed by atoms with E-state index in [0.717, 1.165) is 0 Å². The van der Waals surface area contributed by atoms with Crippen LogP contribution in [0.5, 0.6) is 0 Å². The van der Waals surface area contributed by atoms with Crippen molar-refractivity contribution >= 4 is 16.8 Å². The first-order valence-electron chi connectivity index (χ1n) is 1.89. The van der Waals surface area contributed by atoms with Gasteiger partial charge in [0.15, 0.2) is 0 Å². The molecule has 0 fully saturated rings. The molecule has 0 aliphatic rings. The van der Waals surface area contributed by atoms with E-state index in [-0.39, 0.29) is 5.24 Å². The molecule has 0 bridgehead atoms. The molecule has 0 spiro atoms. The summed E-state index contributed by atoms with van der Waals surface area (Å²) < 4.78 is 0. The smallest absolute Gasteiger partial charge is 0.218 e. The maximum Gasteiger partial charge on any atom is 0.218 e. The van der Waals surface area contributed by atoms with Gasteiger partial charge in [0.1, 0.15) is 0 Å². The van der Waals surface area contributed by atoms with Crippen LogP contribution >= 0.6 is 11.6 Å². The van der Waals surface area contributed by atoms with Crippen LogP contribution < -0.4 is 5.32 Å². The summed E-state index contributed by atoms with van der Waals surface area (Å²) in [5.41, 5.74) is 0. The molecule has 0 aliphatic heterocycles. The molecule has 3 heteroatoms. The Morgan fingerprint density at radius 2 is 1.57 bits per heavy atom. The second-order valence-corrected chi connectivity index (χ2v) is 1.50. The Kier molecular flexibility index (Phi) is 13.3. The molecule has 0 saturated carbocycles. The Labute approximate surface area is 48.9 Å². The highest BCUT2D eigenvalue weighted by Crippen LogP contribution is 1.67. The fourth-order valence-corrected chi connectivity index (χ4v) is 0. The normalized spacial score (nSPS) is 6.29. The zero-order valence-electron chi connectivity index (χ0n) is 4.79. The average molecular weight is 124 g/mol. The van der Waals surface area contributed by atoms with Crippen molar-refractivity contribution in [2.24, 2.45) is 0 Å². The highest BCUT2D eigenvalue weighted by atomic mass is 35.5. The van der Waals surface area contributed by atoms with Crippen LogP contribution in [-0.2, 0) is 4.79 Å². The Bertz CT molecular complexity index is 43.0. The summed E-state index contributed by atoms with van der Waals surface area (Å²) in [5.74, 6) is 0. The summed E-state index contributed by atoms with van der Waals surface area (Å²) in [6.45, 7) is 1.29. The average Bonchev–Trinajstić information content (AvgIpc) is 1.33. The molecule has 1 N–H and O–H groups in total. The lowest BCUT2D eigenvalue weighted by Crippen LogP contribution is -1.89. The maximum atomic E-state index is 9.21. The van der Waals surface area contributed by atoms with E-state index in [9.17, 15) is 4.79 Å².